The molecule has 0 radical (unpaired) electrons. The summed E-state index contributed by atoms with van der Waals surface area (Å²) in [6.45, 7) is -0.284. The van der Waals surface area contributed by atoms with Gasteiger partial charge in [-0.1, -0.05) is 0 Å². The molecular formula is C7H13IO5. The van der Waals surface area contributed by atoms with Gasteiger partial charge in [-0.15, -0.1) is 0 Å². The first kappa shape index (κ1) is 11.6. The summed E-state index contributed by atoms with van der Waals surface area (Å²) in [6.07, 6.45) is -3.25. The Morgan fingerprint density at radius 1 is 1.38 bits per heavy atom. The molecule has 1 fully saturated rings. The van der Waals surface area contributed by atoms with Gasteiger partial charge in [0.25, 0.3) is 0 Å². The Morgan fingerprint density at radius 2 is 2.00 bits per heavy atom. The lowest BCUT2D eigenvalue weighted by Crippen LogP contribution is -2.57. The second-order valence-corrected chi connectivity index (χ2v) is 4.12. The molecule has 3 N–H and O–H groups in total. The zero-order valence-corrected chi connectivity index (χ0v) is 9.29. The Balaban J connectivity index is 2.69. The van der Waals surface area contributed by atoms with Crippen molar-refractivity contribution in [2.24, 2.45) is 0 Å². The van der Waals surface area contributed by atoms with Crippen molar-refractivity contribution in [3.8, 4) is 0 Å². The van der Waals surface area contributed by atoms with E-state index in [9.17, 15) is 10.2 Å². The van der Waals surface area contributed by atoms with Crippen LogP contribution in [0.25, 0.3) is 0 Å². The Bertz CT molecular complexity index is 167. The van der Waals surface area contributed by atoms with Gasteiger partial charge in [0, 0.05) is 7.11 Å². The van der Waals surface area contributed by atoms with Crippen LogP contribution in [0.5, 0.6) is 0 Å². The topological polar surface area (TPSA) is 79.2 Å². The lowest BCUT2D eigenvalue weighted by Gasteiger charge is -2.39. The maximum absolute atomic E-state index is 9.54. The SMILES string of the molecule is COC1C(O)[C@H](I)OC(CO)[C@H]1O. The number of aliphatic hydroxyl groups excluding tert-OH is 3. The minimum atomic E-state index is -0.990. The predicted molar refractivity (Wildman–Crippen MR) is 52.6 cm³/mol. The normalized spacial score (nSPS) is 46.4. The molecule has 1 rings (SSSR count). The molecule has 5 nitrogen and oxygen atoms in total. The summed E-state index contributed by atoms with van der Waals surface area (Å²) >= 11 is 1.90. The monoisotopic (exact) mass is 304 g/mol. The fourth-order valence-electron chi connectivity index (χ4n) is 1.32. The van der Waals surface area contributed by atoms with Gasteiger partial charge in [-0.3, -0.25) is 0 Å². The molecule has 0 aliphatic carbocycles. The number of ether oxygens (including phenoxy) is 2. The van der Waals surface area contributed by atoms with Crippen LogP contribution in [-0.2, 0) is 9.47 Å². The first-order valence-corrected chi connectivity index (χ1v) is 5.15. The number of rotatable bonds is 2. The molecule has 1 saturated heterocycles. The average molecular weight is 304 g/mol. The summed E-state index contributed by atoms with van der Waals surface area (Å²) in [5, 5.41) is 27.9. The van der Waals surface area contributed by atoms with Crippen LogP contribution in [0, 0.1) is 0 Å². The highest BCUT2D eigenvalue weighted by molar-refractivity contribution is 14.1. The summed E-state index contributed by atoms with van der Waals surface area (Å²) in [4.78, 5) is 0. The summed E-state index contributed by atoms with van der Waals surface area (Å²) in [6, 6.07) is 0. The van der Waals surface area contributed by atoms with Crippen molar-refractivity contribution in [1.29, 1.82) is 0 Å². The van der Waals surface area contributed by atoms with E-state index in [0.717, 1.165) is 0 Å². The van der Waals surface area contributed by atoms with Crippen LogP contribution in [0.1, 0.15) is 0 Å². The molecule has 1 heterocycles. The van der Waals surface area contributed by atoms with Gasteiger partial charge in [0.15, 0.2) is 0 Å². The molecule has 6 heteroatoms. The number of aliphatic hydroxyl groups is 3. The smallest absolute Gasteiger partial charge is 0.137 e. The first-order valence-electron chi connectivity index (χ1n) is 3.91. The summed E-state index contributed by atoms with van der Waals surface area (Å²) in [5.41, 5.74) is 0. The van der Waals surface area contributed by atoms with Gasteiger partial charge in [-0.25, -0.2) is 0 Å². The lowest BCUT2D eigenvalue weighted by atomic mass is 10.0. The van der Waals surface area contributed by atoms with E-state index in [1.807, 2.05) is 22.6 Å². The zero-order valence-electron chi connectivity index (χ0n) is 7.13. The number of hydrogen-bond donors (Lipinski definition) is 3. The van der Waals surface area contributed by atoms with Crippen LogP contribution < -0.4 is 0 Å². The molecule has 0 spiro atoms. The average Bonchev–Trinajstić information content (AvgIpc) is 2.12. The number of hydrogen-bond acceptors (Lipinski definition) is 5. The molecule has 0 bridgehead atoms. The molecule has 0 saturated carbocycles. The second kappa shape index (κ2) is 4.85. The Kier molecular flexibility index (Phi) is 4.33. The summed E-state index contributed by atoms with van der Waals surface area (Å²) < 4.78 is 9.60. The first-order chi connectivity index (χ1) is 6.11. The van der Waals surface area contributed by atoms with Gasteiger partial charge in [-0.05, 0) is 22.6 Å². The third-order valence-corrected chi connectivity index (χ3v) is 3.11. The zero-order chi connectivity index (χ0) is 10.0. The summed E-state index contributed by atoms with van der Waals surface area (Å²) in [5.74, 6) is 0. The highest BCUT2D eigenvalue weighted by atomic mass is 127. The number of halogens is 1. The van der Waals surface area contributed by atoms with Crippen LogP contribution in [0.15, 0.2) is 0 Å². The fourth-order valence-corrected chi connectivity index (χ4v) is 2.11. The van der Waals surface area contributed by atoms with Crippen molar-refractivity contribution >= 4 is 22.6 Å². The highest BCUT2D eigenvalue weighted by Gasteiger charge is 2.43. The van der Waals surface area contributed by atoms with E-state index in [1.165, 1.54) is 7.11 Å². The van der Waals surface area contributed by atoms with Crippen LogP contribution in [0.4, 0.5) is 0 Å². The van der Waals surface area contributed by atoms with Gasteiger partial charge in [0.05, 0.1) is 6.61 Å². The third kappa shape index (κ3) is 2.31. The van der Waals surface area contributed by atoms with Crippen molar-refractivity contribution in [1.82, 2.24) is 0 Å². The van der Waals surface area contributed by atoms with Gasteiger partial charge in [-0.2, -0.15) is 0 Å². The highest BCUT2D eigenvalue weighted by Crippen LogP contribution is 2.26. The molecule has 3 unspecified atom stereocenters. The molecule has 0 aromatic carbocycles. The molecule has 5 atom stereocenters. The molecule has 78 valence electrons. The van der Waals surface area contributed by atoms with Gasteiger partial charge in [0.1, 0.15) is 28.5 Å². The molecule has 0 amide bonds. The Hall–Kier alpha value is 0.530. The summed E-state index contributed by atoms with van der Waals surface area (Å²) in [7, 11) is 1.40. The van der Waals surface area contributed by atoms with Crippen molar-refractivity contribution in [2.45, 2.75) is 28.5 Å². The molecule has 13 heavy (non-hydrogen) atoms. The molecule has 0 aromatic rings. The Labute approximate surface area is 89.8 Å². The van der Waals surface area contributed by atoms with Crippen molar-refractivity contribution < 1.29 is 24.8 Å². The third-order valence-electron chi connectivity index (χ3n) is 2.08. The van der Waals surface area contributed by atoms with Gasteiger partial charge in [0.2, 0.25) is 0 Å². The van der Waals surface area contributed by atoms with Crippen LogP contribution in [-0.4, -0.2) is 57.6 Å². The van der Waals surface area contributed by atoms with Gasteiger partial charge >= 0.3 is 0 Å². The van der Waals surface area contributed by atoms with Crippen molar-refractivity contribution in [2.75, 3.05) is 13.7 Å². The van der Waals surface area contributed by atoms with Crippen molar-refractivity contribution in [3.05, 3.63) is 0 Å². The van der Waals surface area contributed by atoms with E-state index in [0.29, 0.717) is 0 Å². The largest absolute Gasteiger partial charge is 0.394 e. The predicted octanol–water partition coefficient (Wildman–Crippen LogP) is -1.12. The minimum absolute atomic E-state index is 0.284. The minimum Gasteiger partial charge on any atom is -0.394 e. The molecule has 1 aliphatic heterocycles. The van der Waals surface area contributed by atoms with E-state index in [4.69, 9.17) is 14.6 Å². The standard InChI is InChI=1S/C7H13IO5/c1-12-6-4(10)3(2-9)13-7(8)5(6)11/h3-7,9-11H,2H2,1H3/t3?,4-,5?,6?,7-/m1/s1. The maximum Gasteiger partial charge on any atom is 0.137 e. The van der Waals surface area contributed by atoms with Crippen LogP contribution >= 0.6 is 22.6 Å². The molecule has 1 aliphatic rings. The Morgan fingerprint density at radius 3 is 2.46 bits per heavy atom. The fraction of sp³-hybridized carbons (Fsp3) is 1.00. The number of methoxy groups -OCH3 is 1. The maximum atomic E-state index is 9.54. The molecular weight excluding hydrogens is 291 g/mol. The van der Waals surface area contributed by atoms with E-state index < -0.39 is 28.5 Å². The van der Waals surface area contributed by atoms with E-state index in [2.05, 4.69) is 0 Å². The van der Waals surface area contributed by atoms with Crippen LogP contribution in [0.3, 0.4) is 0 Å². The quantitative estimate of drug-likeness (QED) is 0.445. The molecule has 0 aromatic heterocycles. The second-order valence-electron chi connectivity index (χ2n) is 2.89. The van der Waals surface area contributed by atoms with E-state index >= 15 is 0 Å². The van der Waals surface area contributed by atoms with E-state index in [-0.39, 0.29) is 6.61 Å². The van der Waals surface area contributed by atoms with Crippen LogP contribution in [0.2, 0.25) is 0 Å². The van der Waals surface area contributed by atoms with Crippen molar-refractivity contribution in [3.63, 3.8) is 0 Å². The lowest BCUT2D eigenvalue weighted by molar-refractivity contribution is -0.209. The van der Waals surface area contributed by atoms with Gasteiger partial charge < -0.3 is 24.8 Å². The van der Waals surface area contributed by atoms with E-state index in [1.54, 1.807) is 0 Å². The number of alkyl halides is 1.